The van der Waals surface area contributed by atoms with Gasteiger partial charge in [0.05, 0.1) is 19.8 Å². The minimum absolute atomic E-state index is 0.0398. The van der Waals surface area contributed by atoms with Crippen LogP contribution in [0.5, 0.6) is 0 Å². The Kier molecular flexibility index (Phi) is 8.85. The van der Waals surface area contributed by atoms with E-state index in [1.165, 1.54) is 41.3 Å². The van der Waals surface area contributed by atoms with Gasteiger partial charge < -0.3 is 20.1 Å². The molecule has 3 aromatic carbocycles. The van der Waals surface area contributed by atoms with Crippen LogP contribution in [0.1, 0.15) is 27.6 Å². The van der Waals surface area contributed by atoms with Crippen LogP contribution in [-0.4, -0.2) is 73.1 Å². The number of halogens is 2. The van der Waals surface area contributed by atoms with Crippen molar-refractivity contribution in [1.82, 2.24) is 15.1 Å². The van der Waals surface area contributed by atoms with Crippen molar-refractivity contribution in [1.29, 1.82) is 0 Å². The highest BCUT2D eigenvalue weighted by Gasteiger charge is 2.47. The molecule has 9 nitrogen and oxygen atoms in total. The molecule has 5 rings (SSSR count). The molecule has 0 aromatic heterocycles. The summed E-state index contributed by atoms with van der Waals surface area (Å²) in [5.41, 5.74) is 1.82. The Balaban J connectivity index is 1.35. The predicted octanol–water partition coefficient (Wildman–Crippen LogP) is 3.73. The molecule has 2 N–H and O–H groups in total. The second kappa shape index (κ2) is 12.9. The summed E-state index contributed by atoms with van der Waals surface area (Å²) in [4.78, 5) is 42.8. The summed E-state index contributed by atoms with van der Waals surface area (Å²) in [5.74, 6) is -1.70. The second-order valence-electron chi connectivity index (χ2n) is 9.84. The second-order valence-corrected chi connectivity index (χ2v) is 9.84. The van der Waals surface area contributed by atoms with E-state index >= 15 is 0 Å². The lowest BCUT2D eigenvalue weighted by Crippen LogP contribution is -2.48. The third kappa shape index (κ3) is 7.05. The first-order valence-corrected chi connectivity index (χ1v) is 13.3. The van der Waals surface area contributed by atoms with Crippen molar-refractivity contribution in [2.24, 2.45) is 0 Å². The molecule has 2 atom stereocenters. The van der Waals surface area contributed by atoms with E-state index in [1.807, 2.05) is 0 Å². The number of morpholine rings is 1. The molecule has 0 radical (unpaired) electrons. The lowest BCUT2D eigenvalue weighted by Gasteiger charge is -2.28. The average molecular weight is 565 g/mol. The fourth-order valence-electron chi connectivity index (χ4n) is 4.86. The monoisotopic (exact) mass is 564 g/mol. The summed E-state index contributed by atoms with van der Waals surface area (Å²) in [6.45, 7) is 3.87. The van der Waals surface area contributed by atoms with Gasteiger partial charge in [-0.05, 0) is 59.7 Å². The maximum Gasteiger partial charge on any atom is 0.411 e. The van der Waals surface area contributed by atoms with Crippen LogP contribution in [0.25, 0.3) is 0 Å². The molecule has 2 aliphatic heterocycles. The van der Waals surface area contributed by atoms with Crippen molar-refractivity contribution in [2.75, 3.05) is 44.7 Å². The summed E-state index contributed by atoms with van der Waals surface area (Å²) < 4.78 is 37.8. The number of benzene rings is 3. The number of carbonyl (C=O) groups excluding carboxylic acids is 3. The maximum atomic E-state index is 13.6. The molecule has 3 amide bonds. The molecular formula is C30H30F2N4O5. The van der Waals surface area contributed by atoms with Gasteiger partial charge in [-0.2, -0.15) is 0 Å². The van der Waals surface area contributed by atoms with Crippen LogP contribution in [0, 0.1) is 11.6 Å². The summed E-state index contributed by atoms with van der Waals surface area (Å²) >= 11 is 0. The standard InChI is InChI=1S/C30H30F2N4O5/c31-23-8-4-20(5-9-23)19-36-26(29(38)33-12-13-35-14-16-40-17-15-35)27(41-30(36)39)22-2-1-3-25(18-22)34-28(37)21-6-10-24(32)11-7-21/h1-11,18,26-27H,12-17,19H2,(H,33,38)(H,34,37). The summed E-state index contributed by atoms with van der Waals surface area (Å²) in [5, 5.41) is 5.69. The van der Waals surface area contributed by atoms with E-state index in [-0.39, 0.29) is 12.1 Å². The molecule has 11 heteroatoms. The molecule has 0 spiro atoms. The van der Waals surface area contributed by atoms with Crippen molar-refractivity contribution in [3.8, 4) is 0 Å². The van der Waals surface area contributed by atoms with Crippen LogP contribution in [0.15, 0.2) is 72.8 Å². The van der Waals surface area contributed by atoms with Gasteiger partial charge in [0.15, 0.2) is 12.1 Å². The van der Waals surface area contributed by atoms with Gasteiger partial charge in [0, 0.05) is 37.4 Å². The van der Waals surface area contributed by atoms with Gasteiger partial charge in [-0.1, -0.05) is 24.3 Å². The first-order valence-electron chi connectivity index (χ1n) is 13.3. The molecule has 214 valence electrons. The van der Waals surface area contributed by atoms with E-state index < -0.39 is 41.7 Å². The number of rotatable bonds is 9. The Labute approximate surface area is 236 Å². The number of hydrogen-bond acceptors (Lipinski definition) is 6. The van der Waals surface area contributed by atoms with E-state index in [9.17, 15) is 23.2 Å². The third-order valence-electron chi connectivity index (χ3n) is 7.03. The van der Waals surface area contributed by atoms with E-state index in [0.29, 0.717) is 43.1 Å². The van der Waals surface area contributed by atoms with Gasteiger partial charge in [-0.3, -0.25) is 19.4 Å². The topological polar surface area (TPSA) is 100 Å². The summed E-state index contributed by atoms with van der Waals surface area (Å²) in [7, 11) is 0. The van der Waals surface area contributed by atoms with Crippen LogP contribution in [0.4, 0.5) is 19.3 Å². The summed E-state index contributed by atoms with van der Waals surface area (Å²) in [6.07, 6.45) is -1.65. The highest BCUT2D eigenvalue weighted by atomic mass is 19.1. The van der Waals surface area contributed by atoms with Gasteiger partial charge in [0.25, 0.3) is 5.91 Å². The number of hydrogen-bond donors (Lipinski definition) is 2. The van der Waals surface area contributed by atoms with Crippen LogP contribution in [-0.2, 0) is 20.8 Å². The summed E-state index contributed by atoms with van der Waals surface area (Å²) in [6, 6.07) is 16.5. The molecule has 2 aliphatic rings. The Morgan fingerprint density at radius 3 is 2.32 bits per heavy atom. The van der Waals surface area contributed by atoms with E-state index in [1.54, 1.807) is 36.4 Å². The van der Waals surface area contributed by atoms with Gasteiger partial charge in [0.2, 0.25) is 5.91 Å². The fourth-order valence-corrected chi connectivity index (χ4v) is 4.86. The van der Waals surface area contributed by atoms with Gasteiger partial charge in [-0.15, -0.1) is 0 Å². The fraction of sp³-hybridized carbons (Fsp3) is 0.300. The molecule has 2 fully saturated rings. The molecule has 2 unspecified atom stereocenters. The maximum absolute atomic E-state index is 13.6. The number of carbonyl (C=O) groups is 3. The SMILES string of the molecule is O=C(Nc1cccc(C2OC(=O)N(Cc3ccc(F)cc3)C2C(=O)NCCN2CCOCC2)c1)c1ccc(F)cc1. The van der Waals surface area contributed by atoms with Crippen LogP contribution >= 0.6 is 0 Å². The van der Waals surface area contributed by atoms with Crippen molar-refractivity contribution in [2.45, 2.75) is 18.7 Å². The number of anilines is 1. The number of nitrogens with one attached hydrogen (secondary N) is 2. The lowest BCUT2D eigenvalue weighted by molar-refractivity contribution is -0.126. The largest absolute Gasteiger partial charge is 0.438 e. The van der Waals surface area contributed by atoms with Crippen LogP contribution in [0.2, 0.25) is 0 Å². The lowest BCUT2D eigenvalue weighted by atomic mass is 10.00. The molecule has 41 heavy (non-hydrogen) atoms. The average Bonchev–Trinajstić information content (AvgIpc) is 3.31. The third-order valence-corrected chi connectivity index (χ3v) is 7.03. The van der Waals surface area contributed by atoms with E-state index in [0.717, 1.165) is 13.1 Å². The normalized spacial score (nSPS) is 19.1. The Hall–Kier alpha value is -4.35. The quantitative estimate of drug-likeness (QED) is 0.411. The highest BCUT2D eigenvalue weighted by Crippen LogP contribution is 2.35. The first kappa shape index (κ1) is 28.2. The van der Waals surface area contributed by atoms with Gasteiger partial charge in [0.1, 0.15) is 11.6 Å². The molecule has 0 bridgehead atoms. The molecule has 2 saturated heterocycles. The number of cyclic esters (lactones) is 1. The van der Waals surface area contributed by atoms with E-state index in [4.69, 9.17) is 9.47 Å². The van der Waals surface area contributed by atoms with Crippen molar-refractivity contribution >= 4 is 23.6 Å². The molecule has 0 aliphatic carbocycles. The van der Waals surface area contributed by atoms with Crippen molar-refractivity contribution in [3.63, 3.8) is 0 Å². The smallest absolute Gasteiger partial charge is 0.411 e. The van der Waals surface area contributed by atoms with Crippen molar-refractivity contribution in [3.05, 3.63) is 101 Å². The molecule has 2 heterocycles. The van der Waals surface area contributed by atoms with Crippen molar-refractivity contribution < 1.29 is 32.6 Å². The molecule has 3 aromatic rings. The number of amides is 3. The molecular weight excluding hydrogens is 534 g/mol. The van der Waals surface area contributed by atoms with Crippen LogP contribution in [0.3, 0.4) is 0 Å². The first-order chi connectivity index (χ1) is 19.9. The highest BCUT2D eigenvalue weighted by molar-refractivity contribution is 6.04. The zero-order chi connectivity index (χ0) is 28.8. The van der Waals surface area contributed by atoms with Crippen LogP contribution < -0.4 is 10.6 Å². The minimum Gasteiger partial charge on any atom is -0.438 e. The van der Waals surface area contributed by atoms with Gasteiger partial charge >= 0.3 is 6.09 Å². The zero-order valence-corrected chi connectivity index (χ0v) is 22.2. The zero-order valence-electron chi connectivity index (χ0n) is 22.2. The Bertz CT molecular complexity index is 1380. The number of nitrogens with zero attached hydrogens (tertiary/aromatic N) is 2. The minimum atomic E-state index is -1.01. The Morgan fingerprint density at radius 1 is 0.927 bits per heavy atom. The Morgan fingerprint density at radius 2 is 1.61 bits per heavy atom. The predicted molar refractivity (Wildman–Crippen MR) is 146 cm³/mol. The van der Waals surface area contributed by atoms with Gasteiger partial charge in [-0.25, -0.2) is 13.6 Å². The molecule has 0 saturated carbocycles. The number of ether oxygens (including phenoxy) is 2. The van der Waals surface area contributed by atoms with E-state index in [2.05, 4.69) is 15.5 Å².